The molecular formula is C15H12INO4. The number of halogens is 1. The number of aromatic carboxylic acids is 1. The monoisotopic (exact) mass is 397 g/mol. The largest absolute Gasteiger partial charge is 0.484 e. The number of hydrogen-bond donors (Lipinski definition) is 2. The number of benzene rings is 2. The van der Waals surface area contributed by atoms with Crippen LogP contribution in [0.5, 0.6) is 5.75 Å². The van der Waals surface area contributed by atoms with Gasteiger partial charge in [-0.3, -0.25) is 4.79 Å². The van der Waals surface area contributed by atoms with Crippen molar-refractivity contribution in [2.75, 3.05) is 11.9 Å². The SMILES string of the molecule is O=C(COc1ccccc1)Nc1ccc(I)cc1C(=O)O. The Bertz CT molecular complexity index is 658. The fraction of sp³-hybridized carbons (Fsp3) is 0.0667. The maximum Gasteiger partial charge on any atom is 0.337 e. The van der Waals surface area contributed by atoms with E-state index in [1.54, 1.807) is 36.4 Å². The minimum absolute atomic E-state index is 0.0509. The Morgan fingerprint density at radius 3 is 2.52 bits per heavy atom. The Morgan fingerprint density at radius 2 is 1.86 bits per heavy atom. The lowest BCUT2D eigenvalue weighted by Crippen LogP contribution is -2.21. The number of anilines is 1. The van der Waals surface area contributed by atoms with Crippen LogP contribution in [0.2, 0.25) is 0 Å². The standard InChI is InChI=1S/C15H12INO4/c16-10-6-7-13(12(8-10)15(19)20)17-14(18)9-21-11-4-2-1-3-5-11/h1-8H,9H2,(H,17,18)(H,19,20). The number of carboxylic acid groups (broad SMARTS) is 1. The summed E-state index contributed by atoms with van der Waals surface area (Å²) in [5, 5.41) is 11.7. The highest BCUT2D eigenvalue weighted by Gasteiger charge is 2.13. The van der Waals surface area contributed by atoms with Crippen LogP contribution in [0.25, 0.3) is 0 Å². The van der Waals surface area contributed by atoms with Crippen molar-refractivity contribution >= 4 is 40.2 Å². The predicted molar refractivity (Wildman–Crippen MR) is 86.7 cm³/mol. The summed E-state index contributed by atoms with van der Waals surface area (Å²) < 4.78 is 6.08. The van der Waals surface area contributed by atoms with Crippen molar-refractivity contribution in [3.63, 3.8) is 0 Å². The van der Waals surface area contributed by atoms with Gasteiger partial charge in [0.1, 0.15) is 5.75 Å². The first-order valence-electron chi connectivity index (χ1n) is 6.07. The molecule has 0 aromatic heterocycles. The highest BCUT2D eigenvalue weighted by atomic mass is 127. The van der Waals surface area contributed by atoms with Gasteiger partial charge in [-0.2, -0.15) is 0 Å². The van der Waals surface area contributed by atoms with E-state index in [1.807, 2.05) is 28.7 Å². The molecular weight excluding hydrogens is 385 g/mol. The van der Waals surface area contributed by atoms with E-state index in [2.05, 4.69) is 5.32 Å². The van der Waals surface area contributed by atoms with Gasteiger partial charge in [0.25, 0.3) is 5.91 Å². The summed E-state index contributed by atoms with van der Waals surface area (Å²) in [5.41, 5.74) is 0.305. The van der Waals surface area contributed by atoms with E-state index < -0.39 is 11.9 Å². The molecule has 6 heteroatoms. The van der Waals surface area contributed by atoms with Gasteiger partial charge in [0.15, 0.2) is 6.61 Å². The molecule has 0 atom stereocenters. The van der Waals surface area contributed by atoms with E-state index in [9.17, 15) is 9.59 Å². The second-order valence-corrected chi connectivity index (χ2v) is 5.39. The van der Waals surface area contributed by atoms with Crippen LogP contribution in [-0.2, 0) is 4.79 Å². The zero-order valence-electron chi connectivity index (χ0n) is 10.9. The number of ether oxygens (including phenoxy) is 1. The molecule has 2 N–H and O–H groups in total. The molecule has 0 saturated heterocycles. The summed E-state index contributed by atoms with van der Waals surface area (Å²) >= 11 is 2.01. The summed E-state index contributed by atoms with van der Waals surface area (Å²) in [6.07, 6.45) is 0. The average molecular weight is 397 g/mol. The molecule has 5 nitrogen and oxygen atoms in total. The molecule has 0 aliphatic rings. The van der Waals surface area contributed by atoms with E-state index in [0.717, 1.165) is 3.57 Å². The van der Waals surface area contributed by atoms with Crippen LogP contribution in [0, 0.1) is 3.57 Å². The lowest BCUT2D eigenvalue weighted by atomic mass is 10.2. The van der Waals surface area contributed by atoms with Crippen LogP contribution < -0.4 is 10.1 Å². The second-order valence-electron chi connectivity index (χ2n) is 4.14. The topological polar surface area (TPSA) is 75.6 Å². The Labute approximate surface area is 135 Å². The summed E-state index contributed by atoms with van der Waals surface area (Å²) in [6, 6.07) is 13.7. The molecule has 0 heterocycles. The molecule has 108 valence electrons. The van der Waals surface area contributed by atoms with E-state index in [4.69, 9.17) is 9.84 Å². The van der Waals surface area contributed by atoms with Crippen LogP contribution in [-0.4, -0.2) is 23.6 Å². The maximum atomic E-state index is 11.8. The summed E-state index contributed by atoms with van der Waals surface area (Å²) in [5.74, 6) is -0.927. The zero-order chi connectivity index (χ0) is 15.2. The number of carbonyl (C=O) groups is 2. The molecule has 1 amide bonds. The number of amides is 1. The third-order valence-corrected chi connectivity index (χ3v) is 3.27. The number of carbonyl (C=O) groups excluding carboxylic acids is 1. The van der Waals surface area contributed by atoms with Crippen molar-refractivity contribution in [1.82, 2.24) is 0 Å². The molecule has 0 spiro atoms. The van der Waals surface area contributed by atoms with Crippen molar-refractivity contribution in [2.45, 2.75) is 0 Å². The lowest BCUT2D eigenvalue weighted by Gasteiger charge is -2.10. The highest BCUT2D eigenvalue weighted by Crippen LogP contribution is 2.19. The van der Waals surface area contributed by atoms with Crippen molar-refractivity contribution in [2.24, 2.45) is 0 Å². The number of hydrogen-bond acceptors (Lipinski definition) is 3. The summed E-state index contributed by atoms with van der Waals surface area (Å²) in [7, 11) is 0. The predicted octanol–water partition coefficient (Wildman–Crippen LogP) is 3.01. The minimum Gasteiger partial charge on any atom is -0.484 e. The molecule has 0 aliphatic heterocycles. The number of para-hydroxylation sites is 1. The van der Waals surface area contributed by atoms with Crippen LogP contribution in [0.4, 0.5) is 5.69 Å². The molecule has 0 unspecified atom stereocenters. The Balaban J connectivity index is 2.01. The van der Waals surface area contributed by atoms with Crippen molar-refractivity contribution in [3.8, 4) is 5.75 Å². The zero-order valence-corrected chi connectivity index (χ0v) is 13.0. The fourth-order valence-electron chi connectivity index (χ4n) is 1.65. The molecule has 0 saturated carbocycles. The maximum absolute atomic E-state index is 11.8. The van der Waals surface area contributed by atoms with Crippen LogP contribution in [0.1, 0.15) is 10.4 Å². The Morgan fingerprint density at radius 1 is 1.14 bits per heavy atom. The quantitative estimate of drug-likeness (QED) is 0.761. The number of rotatable bonds is 5. The molecule has 0 bridgehead atoms. The summed E-state index contributed by atoms with van der Waals surface area (Å²) in [4.78, 5) is 23.0. The highest BCUT2D eigenvalue weighted by molar-refractivity contribution is 14.1. The number of nitrogens with one attached hydrogen (secondary N) is 1. The first kappa shape index (κ1) is 15.3. The first-order valence-corrected chi connectivity index (χ1v) is 7.14. The van der Waals surface area contributed by atoms with Gasteiger partial charge in [0.2, 0.25) is 0 Å². The fourth-order valence-corrected chi connectivity index (χ4v) is 2.15. The van der Waals surface area contributed by atoms with Gasteiger partial charge in [-0.05, 0) is 52.9 Å². The lowest BCUT2D eigenvalue weighted by molar-refractivity contribution is -0.118. The molecule has 0 radical (unpaired) electrons. The van der Waals surface area contributed by atoms with E-state index in [0.29, 0.717) is 5.75 Å². The molecule has 0 aliphatic carbocycles. The van der Waals surface area contributed by atoms with Crippen LogP contribution >= 0.6 is 22.6 Å². The van der Waals surface area contributed by atoms with Gasteiger partial charge in [0.05, 0.1) is 11.3 Å². The van der Waals surface area contributed by atoms with Gasteiger partial charge in [0, 0.05) is 3.57 Å². The van der Waals surface area contributed by atoms with E-state index >= 15 is 0 Å². The van der Waals surface area contributed by atoms with Crippen molar-refractivity contribution in [3.05, 3.63) is 57.7 Å². The molecule has 2 rings (SSSR count). The molecule has 2 aromatic rings. The second kappa shape index (κ2) is 7.07. The Hall–Kier alpha value is -2.09. The van der Waals surface area contributed by atoms with Gasteiger partial charge in [-0.15, -0.1) is 0 Å². The molecule has 21 heavy (non-hydrogen) atoms. The van der Waals surface area contributed by atoms with Crippen molar-refractivity contribution < 1.29 is 19.4 Å². The number of carboxylic acids is 1. The minimum atomic E-state index is -1.09. The Kier molecular flexibility index (Phi) is 5.15. The summed E-state index contributed by atoms with van der Waals surface area (Å²) in [6.45, 7) is -0.185. The normalized spacial score (nSPS) is 9.95. The smallest absolute Gasteiger partial charge is 0.337 e. The van der Waals surface area contributed by atoms with Gasteiger partial charge in [-0.25, -0.2) is 4.79 Å². The third kappa shape index (κ3) is 4.45. The molecule has 2 aromatic carbocycles. The third-order valence-electron chi connectivity index (χ3n) is 2.60. The van der Waals surface area contributed by atoms with E-state index in [-0.39, 0.29) is 17.9 Å². The van der Waals surface area contributed by atoms with Crippen LogP contribution in [0.15, 0.2) is 48.5 Å². The van der Waals surface area contributed by atoms with Gasteiger partial charge < -0.3 is 15.2 Å². The van der Waals surface area contributed by atoms with E-state index in [1.165, 1.54) is 6.07 Å². The van der Waals surface area contributed by atoms with Crippen molar-refractivity contribution in [1.29, 1.82) is 0 Å². The first-order chi connectivity index (χ1) is 10.1. The molecule has 0 fully saturated rings. The van der Waals surface area contributed by atoms with Gasteiger partial charge in [-0.1, -0.05) is 18.2 Å². The van der Waals surface area contributed by atoms with Gasteiger partial charge >= 0.3 is 5.97 Å². The average Bonchev–Trinajstić information content (AvgIpc) is 2.48. The van der Waals surface area contributed by atoms with Crippen LogP contribution in [0.3, 0.4) is 0 Å².